The van der Waals surface area contributed by atoms with Gasteiger partial charge in [0, 0.05) is 10.8 Å². The smallest absolute Gasteiger partial charge is 0.0742 e. The third-order valence-corrected chi connectivity index (χ3v) is 3.33. The van der Waals surface area contributed by atoms with Crippen LogP contribution in [0.15, 0.2) is 0 Å². The van der Waals surface area contributed by atoms with Gasteiger partial charge in [0.1, 0.15) is 0 Å². The highest BCUT2D eigenvalue weighted by atomic mass is 16.6. The number of nitrogens with two attached hydrogens (primary N) is 1. The van der Waals surface area contributed by atoms with E-state index >= 15 is 0 Å². The molecule has 0 amide bonds. The molecule has 2 rings (SSSR count). The molecule has 2 aliphatic rings. The lowest BCUT2D eigenvalue weighted by molar-refractivity contribution is -0.158. The second-order valence-electron chi connectivity index (χ2n) is 4.14. The van der Waals surface area contributed by atoms with Gasteiger partial charge in [-0.3, -0.25) is 0 Å². The lowest BCUT2D eigenvalue weighted by atomic mass is 9.73. The van der Waals surface area contributed by atoms with E-state index in [-0.39, 0.29) is 0 Å². The van der Waals surface area contributed by atoms with Crippen LogP contribution >= 0.6 is 0 Å². The van der Waals surface area contributed by atoms with Gasteiger partial charge in [0.15, 0.2) is 0 Å². The zero-order valence-corrected chi connectivity index (χ0v) is 6.93. The first kappa shape index (κ1) is 7.53. The largest absolute Gasteiger partial charge is 0.380 e. The molecule has 0 aromatic rings. The molecule has 1 aliphatic carbocycles. The van der Waals surface area contributed by atoms with E-state index in [2.05, 4.69) is 6.92 Å². The van der Waals surface area contributed by atoms with E-state index in [1.807, 2.05) is 0 Å². The van der Waals surface area contributed by atoms with E-state index in [0.717, 1.165) is 13.2 Å². The molecule has 0 aromatic carbocycles. The van der Waals surface area contributed by atoms with E-state index < -0.39 is 0 Å². The molecule has 0 atom stereocenters. The number of rotatable bonds is 3. The zero-order chi connectivity index (χ0) is 7.95. The molecular weight excluding hydrogens is 142 g/mol. The van der Waals surface area contributed by atoms with Crippen molar-refractivity contribution < 1.29 is 9.57 Å². The fraction of sp³-hybridized carbons (Fsp3) is 1.00. The molecule has 0 radical (unpaired) electrons. The first-order valence-corrected chi connectivity index (χ1v) is 4.12. The summed E-state index contributed by atoms with van der Waals surface area (Å²) >= 11 is 0. The van der Waals surface area contributed by atoms with Crippen molar-refractivity contribution >= 4 is 0 Å². The van der Waals surface area contributed by atoms with Gasteiger partial charge in [-0.05, 0) is 12.8 Å². The predicted molar refractivity (Wildman–Crippen MR) is 40.7 cm³/mol. The zero-order valence-electron chi connectivity index (χ0n) is 6.93. The molecule has 1 saturated carbocycles. The molecule has 11 heavy (non-hydrogen) atoms. The van der Waals surface area contributed by atoms with E-state index in [0.29, 0.717) is 17.4 Å². The molecule has 2 N–H and O–H groups in total. The second kappa shape index (κ2) is 2.19. The Bertz CT molecular complexity index is 161. The Morgan fingerprint density at radius 2 is 2.09 bits per heavy atom. The summed E-state index contributed by atoms with van der Waals surface area (Å²) in [6.45, 7) is 4.74. The normalized spacial score (nSPS) is 31.1. The summed E-state index contributed by atoms with van der Waals surface area (Å²) in [6, 6.07) is 0. The van der Waals surface area contributed by atoms with Gasteiger partial charge in [-0.15, -0.1) is 0 Å². The third-order valence-electron chi connectivity index (χ3n) is 3.33. The molecule has 2 fully saturated rings. The van der Waals surface area contributed by atoms with E-state index in [4.69, 9.17) is 15.5 Å². The Morgan fingerprint density at radius 1 is 1.45 bits per heavy atom. The van der Waals surface area contributed by atoms with Crippen molar-refractivity contribution in [2.75, 3.05) is 19.8 Å². The average molecular weight is 157 g/mol. The Morgan fingerprint density at radius 3 is 2.36 bits per heavy atom. The number of hydrogen-bond acceptors (Lipinski definition) is 3. The van der Waals surface area contributed by atoms with Gasteiger partial charge in [-0.25, -0.2) is 5.90 Å². The summed E-state index contributed by atoms with van der Waals surface area (Å²) in [5.41, 5.74) is 0.715. The third kappa shape index (κ3) is 0.916. The van der Waals surface area contributed by atoms with Crippen LogP contribution < -0.4 is 5.90 Å². The fourth-order valence-electron chi connectivity index (χ4n) is 1.95. The van der Waals surface area contributed by atoms with Crippen molar-refractivity contribution in [3.8, 4) is 0 Å². The van der Waals surface area contributed by atoms with Gasteiger partial charge in [-0.1, -0.05) is 6.92 Å². The molecule has 3 nitrogen and oxygen atoms in total. The van der Waals surface area contributed by atoms with Crippen molar-refractivity contribution in [2.45, 2.75) is 19.8 Å². The standard InChI is InChI=1S/C8H15NO2/c1-7(4-10-5-7)8(2-3-8)6-11-9/h2-6,9H2,1H3. The maximum atomic E-state index is 5.21. The van der Waals surface area contributed by atoms with E-state index in [9.17, 15) is 0 Å². The van der Waals surface area contributed by atoms with Crippen LogP contribution in [0.3, 0.4) is 0 Å². The predicted octanol–water partition coefficient (Wildman–Crippen LogP) is 0.693. The van der Waals surface area contributed by atoms with Crippen LogP contribution in [-0.2, 0) is 9.57 Å². The van der Waals surface area contributed by atoms with Crippen molar-refractivity contribution in [1.82, 2.24) is 0 Å². The van der Waals surface area contributed by atoms with Crippen LogP contribution in [0.5, 0.6) is 0 Å². The first-order chi connectivity index (χ1) is 5.22. The van der Waals surface area contributed by atoms with Crippen LogP contribution in [0.2, 0.25) is 0 Å². The highest BCUT2D eigenvalue weighted by molar-refractivity contribution is 5.08. The van der Waals surface area contributed by atoms with Gasteiger partial charge in [0.25, 0.3) is 0 Å². The summed E-state index contributed by atoms with van der Waals surface area (Å²) in [4.78, 5) is 4.74. The molecule has 0 unspecified atom stereocenters. The molecule has 0 spiro atoms. The van der Waals surface area contributed by atoms with Crippen LogP contribution in [0.4, 0.5) is 0 Å². The first-order valence-electron chi connectivity index (χ1n) is 4.12. The highest BCUT2D eigenvalue weighted by Gasteiger charge is 2.60. The van der Waals surface area contributed by atoms with Gasteiger partial charge in [0.05, 0.1) is 19.8 Å². The fourth-order valence-corrected chi connectivity index (χ4v) is 1.95. The average Bonchev–Trinajstić information content (AvgIpc) is 2.65. The van der Waals surface area contributed by atoms with Crippen molar-refractivity contribution in [3.05, 3.63) is 0 Å². The molecular formula is C8H15NO2. The summed E-state index contributed by atoms with van der Waals surface area (Å²) in [7, 11) is 0. The van der Waals surface area contributed by atoms with Crippen LogP contribution in [0, 0.1) is 10.8 Å². The Balaban J connectivity index is 2.01. The van der Waals surface area contributed by atoms with Crippen LogP contribution in [0.1, 0.15) is 19.8 Å². The van der Waals surface area contributed by atoms with Crippen molar-refractivity contribution in [2.24, 2.45) is 16.7 Å². The molecule has 3 heteroatoms. The Kier molecular flexibility index (Phi) is 1.50. The minimum absolute atomic E-state index is 0.354. The van der Waals surface area contributed by atoms with E-state index in [1.54, 1.807) is 0 Å². The quantitative estimate of drug-likeness (QED) is 0.613. The molecule has 1 aliphatic heterocycles. The molecule has 1 saturated heterocycles. The van der Waals surface area contributed by atoms with Gasteiger partial charge >= 0.3 is 0 Å². The SMILES string of the molecule is CC1(C2(CON)CC2)COC1. The maximum Gasteiger partial charge on any atom is 0.0742 e. The number of hydrogen-bond donors (Lipinski definition) is 1. The van der Waals surface area contributed by atoms with Gasteiger partial charge < -0.3 is 9.57 Å². The summed E-state index contributed by atoms with van der Waals surface area (Å²) in [6.07, 6.45) is 2.51. The topological polar surface area (TPSA) is 44.5 Å². The second-order valence-corrected chi connectivity index (χ2v) is 4.14. The lowest BCUT2D eigenvalue weighted by Crippen LogP contribution is -2.49. The summed E-state index contributed by atoms with van der Waals surface area (Å²) in [5, 5.41) is 0. The van der Waals surface area contributed by atoms with Crippen LogP contribution in [0.25, 0.3) is 0 Å². The van der Waals surface area contributed by atoms with E-state index in [1.165, 1.54) is 12.8 Å². The summed E-state index contributed by atoms with van der Waals surface area (Å²) in [5.74, 6) is 5.09. The molecule has 0 aromatic heterocycles. The lowest BCUT2D eigenvalue weighted by Gasteiger charge is -2.44. The minimum Gasteiger partial charge on any atom is -0.380 e. The molecule has 64 valence electrons. The summed E-state index contributed by atoms with van der Waals surface area (Å²) < 4.78 is 5.21. The van der Waals surface area contributed by atoms with Crippen molar-refractivity contribution in [3.63, 3.8) is 0 Å². The van der Waals surface area contributed by atoms with Crippen molar-refractivity contribution in [1.29, 1.82) is 0 Å². The highest BCUT2D eigenvalue weighted by Crippen LogP contribution is 2.61. The van der Waals surface area contributed by atoms with Gasteiger partial charge in [-0.2, -0.15) is 0 Å². The molecule has 0 bridgehead atoms. The number of ether oxygens (including phenoxy) is 1. The Hall–Kier alpha value is -0.120. The molecule has 1 heterocycles. The van der Waals surface area contributed by atoms with Gasteiger partial charge in [0.2, 0.25) is 0 Å². The monoisotopic (exact) mass is 157 g/mol. The minimum atomic E-state index is 0.354. The maximum absolute atomic E-state index is 5.21. The van der Waals surface area contributed by atoms with Crippen LogP contribution in [-0.4, -0.2) is 19.8 Å². The Labute approximate surface area is 66.8 Å².